The Balaban J connectivity index is 1.97. The van der Waals surface area contributed by atoms with Gasteiger partial charge in [-0.3, -0.25) is 4.79 Å². The molecular weight excluding hydrogens is 238 g/mol. The highest BCUT2D eigenvalue weighted by molar-refractivity contribution is 5.92. The number of nitrogens with one attached hydrogen (secondary N) is 1. The minimum atomic E-state index is -0.846. The predicted molar refractivity (Wildman–Crippen MR) is 72.7 cm³/mol. The number of rotatable bonds is 0. The van der Waals surface area contributed by atoms with E-state index in [0.717, 1.165) is 45.1 Å². The van der Waals surface area contributed by atoms with E-state index >= 15 is 0 Å². The van der Waals surface area contributed by atoms with E-state index in [9.17, 15) is 9.90 Å². The number of piperidine rings is 1. The van der Waals surface area contributed by atoms with Gasteiger partial charge in [-0.25, -0.2) is 0 Å². The lowest BCUT2D eigenvalue weighted by Gasteiger charge is -2.60. The van der Waals surface area contributed by atoms with Crippen LogP contribution in [0.25, 0.3) is 0 Å². The number of aliphatic hydroxyl groups is 1. The SMILES string of the molecule is O=C1CCC[C@@]2(O)[C@H]3CC4=C(C=CCC4)[C@@]12CCN3. The van der Waals surface area contributed by atoms with Gasteiger partial charge in [-0.05, 0) is 50.6 Å². The molecule has 1 saturated carbocycles. The number of hydrogen-bond acceptors (Lipinski definition) is 3. The molecule has 2 bridgehead atoms. The monoisotopic (exact) mass is 259 g/mol. The summed E-state index contributed by atoms with van der Waals surface area (Å²) < 4.78 is 0. The van der Waals surface area contributed by atoms with Crippen molar-refractivity contribution >= 4 is 5.78 Å². The van der Waals surface area contributed by atoms with E-state index < -0.39 is 11.0 Å². The van der Waals surface area contributed by atoms with Crippen molar-refractivity contribution in [1.82, 2.24) is 5.32 Å². The van der Waals surface area contributed by atoms with Crippen LogP contribution in [0.15, 0.2) is 23.3 Å². The Morgan fingerprint density at radius 3 is 3.11 bits per heavy atom. The molecule has 4 aliphatic rings. The van der Waals surface area contributed by atoms with E-state index in [0.29, 0.717) is 6.42 Å². The van der Waals surface area contributed by atoms with E-state index in [1.165, 1.54) is 11.1 Å². The van der Waals surface area contributed by atoms with Gasteiger partial charge in [-0.1, -0.05) is 17.7 Å². The summed E-state index contributed by atoms with van der Waals surface area (Å²) in [4.78, 5) is 12.8. The fraction of sp³-hybridized carbons (Fsp3) is 0.688. The second kappa shape index (κ2) is 3.80. The van der Waals surface area contributed by atoms with Crippen LogP contribution in [0.5, 0.6) is 0 Å². The molecular formula is C16H21NO2. The van der Waals surface area contributed by atoms with Crippen molar-refractivity contribution in [1.29, 1.82) is 0 Å². The number of ketones is 1. The van der Waals surface area contributed by atoms with E-state index in [1.807, 2.05) is 0 Å². The smallest absolute Gasteiger partial charge is 0.146 e. The van der Waals surface area contributed by atoms with E-state index in [4.69, 9.17) is 0 Å². The fourth-order valence-corrected chi connectivity index (χ4v) is 4.99. The van der Waals surface area contributed by atoms with Crippen LogP contribution in [0.4, 0.5) is 0 Å². The van der Waals surface area contributed by atoms with Crippen LogP contribution in [0, 0.1) is 5.41 Å². The average Bonchev–Trinajstić information content (AvgIpc) is 2.39. The molecule has 102 valence electrons. The average molecular weight is 259 g/mol. The molecule has 0 aromatic rings. The van der Waals surface area contributed by atoms with Gasteiger partial charge in [-0.15, -0.1) is 0 Å². The number of carbonyl (C=O) groups excluding carboxylic acids is 1. The van der Waals surface area contributed by atoms with Crippen LogP contribution >= 0.6 is 0 Å². The van der Waals surface area contributed by atoms with Crippen LogP contribution in [0.1, 0.15) is 44.9 Å². The molecule has 0 aromatic heterocycles. The molecule has 0 unspecified atom stereocenters. The van der Waals surface area contributed by atoms with Crippen molar-refractivity contribution in [2.45, 2.75) is 56.6 Å². The number of carbonyl (C=O) groups is 1. The molecule has 3 atom stereocenters. The van der Waals surface area contributed by atoms with Gasteiger partial charge < -0.3 is 10.4 Å². The highest BCUT2D eigenvalue weighted by Gasteiger charge is 2.65. The Morgan fingerprint density at radius 1 is 1.32 bits per heavy atom. The summed E-state index contributed by atoms with van der Waals surface area (Å²) in [5.41, 5.74) is 1.16. The van der Waals surface area contributed by atoms with Gasteiger partial charge in [0.2, 0.25) is 0 Å². The summed E-state index contributed by atoms with van der Waals surface area (Å²) in [6, 6.07) is 0.0794. The fourth-order valence-electron chi connectivity index (χ4n) is 4.99. The number of hydrogen-bond donors (Lipinski definition) is 2. The molecule has 3 heteroatoms. The van der Waals surface area contributed by atoms with Crippen molar-refractivity contribution < 1.29 is 9.90 Å². The molecule has 2 fully saturated rings. The summed E-state index contributed by atoms with van der Waals surface area (Å²) >= 11 is 0. The van der Waals surface area contributed by atoms with Gasteiger partial charge >= 0.3 is 0 Å². The Kier molecular flexibility index (Phi) is 2.37. The minimum absolute atomic E-state index is 0.0794. The highest BCUT2D eigenvalue weighted by atomic mass is 16.3. The molecule has 1 heterocycles. The van der Waals surface area contributed by atoms with Crippen molar-refractivity contribution in [3.05, 3.63) is 23.3 Å². The molecule has 3 aliphatic carbocycles. The van der Waals surface area contributed by atoms with Gasteiger partial charge in [-0.2, -0.15) is 0 Å². The van der Waals surface area contributed by atoms with Crippen LogP contribution < -0.4 is 5.32 Å². The molecule has 0 amide bonds. The van der Waals surface area contributed by atoms with Gasteiger partial charge in [0, 0.05) is 12.5 Å². The van der Waals surface area contributed by atoms with Gasteiger partial charge in [0.05, 0.1) is 11.0 Å². The lowest BCUT2D eigenvalue weighted by Crippen LogP contribution is -2.72. The summed E-state index contributed by atoms with van der Waals surface area (Å²) in [6.07, 6.45) is 10.4. The van der Waals surface area contributed by atoms with Crippen molar-refractivity contribution in [2.24, 2.45) is 5.41 Å². The Bertz CT molecular complexity index is 507. The third-order valence-electron chi connectivity index (χ3n) is 5.83. The zero-order valence-electron chi connectivity index (χ0n) is 11.2. The summed E-state index contributed by atoms with van der Waals surface area (Å²) in [6.45, 7) is 0.851. The normalized spacial score (nSPS) is 44.9. The van der Waals surface area contributed by atoms with Crippen LogP contribution in [-0.4, -0.2) is 29.1 Å². The molecule has 1 saturated heterocycles. The summed E-state index contributed by atoms with van der Waals surface area (Å²) in [7, 11) is 0. The third-order valence-corrected chi connectivity index (χ3v) is 5.83. The summed E-state index contributed by atoms with van der Waals surface area (Å²) in [5, 5.41) is 14.8. The largest absolute Gasteiger partial charge is 0.387 e. The summed E-state index contributed by atoms with van der Waals surface area (Å²) in [5.74, 6) is 0.284. The molecule has 4 rings (SSSR count). The van der Waals surface area contributed by atoms with Crippen LogP contribution in [0.3, 0.4) is 0 Å². The quantitative estimate of drug-likeness (QED) is 0.698. The standard InChI is InChI=1S/C16H21NO2/c18-14-6-3-7-16(19)13-10-11-4-1-2-5-12(11)15(14,16)8-9-17-13/h2,5,13,17,19H,1,3-4,6-10H2/t13-,15+,16-/m1/s1. The van der Waals surface area contributed by atoms with Gasteiger partial charge in [0.15, 0.2) is 0 Å². The van der Waals surface area contributed by atoms with E-state index in [1.54, 1.807) is 0 Å². The number of allylic oxidation sites excluding steroid dienone is 2. The van der Waals surface area contributed by atoms with Gasteiger partial charge in [0.1, 0.15) is 5.78 Å². The Labute approximate surface area is 113 Å². The first-order valence-electron chi connectivity index (χ1n) is 7.56. The molecule has 3 nitrogen and oxygen atoms in total. The molecule has 19 heavy (non-hydrogen) atoms. The molecule has 1 aliphatic heterocycles. The second-order valence-corrected chi connectivity index (χ2v) is 6.53. The first-order chi connectivity index (χ1) is 9.18. The van der Waals surface area contributed by atoms with E-state index in [-0.39, 0.29) is 11.8 Å². The van der Waals surface area contributed by atoms with Crippen molar-refractivity contribution in [3.63, 3.8) is 0 Å². The maximum Gasteiger partial charge on any atom is 0.146 e. The van der Waals surface area contributed by atoms with Crippen LogP contribution in [0.2, 0.25) is 0 Å². The zero-order valence-corrected chi connectivity index (χ0v) is 11.2. The zero-order chi connectivity index (χ0) is 13.1. The Hall–Kier alpha value is -0.930. The highest BCUT2D eigenvalue weighted by Crippen LogP contribution is 2.58. The first-order valence-corrected chi connectivity index (χ1v) is 7.56. The molecule has 0 radical (unpaired) electrons. The van der Waals surface area contributed by atoms with E-state index in [2.05, 4.69) is 17.5 Å². The van der Waals surface area contributed by atoms with Crippen molar-refractivity contribution in [3.8, 4) is 0 Å². The topological polar surface area (TPSA) is 49.3 Å². The second-order valence-electron chi connectivity index (χ2n) is 6.53. The maximum absolute atomic E-state index is 12.8. The third kappa shape index (κ3) is 1.28. The van der Waals surface area contributed by atoms with Crippen LogP contribution in [-0.2, 0) is 4.79 Å². The maximum atomic E-state index is 12.8. The minimum Gasteiger partial charge on any atom is -0.387 e. The lowest BCUT2D eigenvalue weighted by molar-refractivity contribution is -0.168. The predicted octanol–water partition coefficient (Wildman–Crippen LogP) is 1.87. The number of Topliss-reactive ketones (excluding diaryl/α,β-unsaturated/α-hetero) is 1. The molecule has 2 N–H and O–H groups in total. The molecule has 0 aromatic carbocycles. The Morgan fingerprint density at radius 2 is 2.21 bits per heavy atom. The van der Waals surface area contributed by atoms with Gasteiger partial charge in [0.25, 0.3) is 0 Å². The first kappa shape index (κ1) is 11.9. The van der Waals surface area contributed by atoms with Crippen molar-refractivity contribution in [2.75, 3.05) is 6.54 Å². The molecule has 0 spiro atoms. The lowest BCUT2D eigenvalue weighted by atomic mass is 9.48.